The van der Waals surface area contributed by atoms with Crippen molar-refractivity contribution >= 4 is 5.95 Å². The summed E-state index contributed by atoms with van der Waals surface area (Å²) < 4.78 is 0. The zero-order chi connectivity index (χ0) is 12.9. The molecule has 0 radical (unpaired) electrons. The van der Waals surface area contributed by atoms with E-state index in [2.05, 4.69) is 20.0 Å². The van der Waals surface area contributed by atoms with E-state index in [-0.39, 0.29) is 10.8 Å². The second-order valence-electron chi connectivity index (χ2n) is 4.58. The maximum absolute atomic E-state index is 11.8. The van der Waals surface area contributed by atoms with Gasteiger partial charge in [-0.15, -0.1) is 0 Å². The molecule has 1 aromatic heterocycles. The van der Waals surface area contributed by atoms with Crippen LogP contribution in [0, 0.1) is 0 Å². The van der Waals surface area contributed by atoms with Crippen molar-refractivity contribution in [1.29, 1.82) is 0 Å². The van der Waals surface area contributed by atoms with Crippen molar-refractivity contribution in [1.82, 2.24) is 9.97 Å². The fourth-order valence-electron chi connectivity index (χ4n) is 2.05. The highest BCUT2D eigenvalue weighted by molar-refractivity contribution is 5.29. The molecule has 18 heavy (non-hydrogen) atoms. The number of aliphatic hydroxyl groups is 2. The van der Waals surface area contributed by atoms with Crippen LogP contribution in [0.15, 0.2) is 14.8 Å². The molecule has 0 amide bonds. The highest BCUT2D eigenvalue weighted by Crippen LogP contribution is 2.25. The molecule has 1 fully saturated rings. The first-order valence-corrected chi connectivity index (χ1v) is 5.74. The Kier molecular flexibility index (Phi) is 2.26. The lowest BCUT2D eigenvalue weighted by molar-refractivity contribution is -0.146. The Bertz CT molecular complexity index is 661. The van der Waals surface area contributed by atoms with Gasteiger partial charge in [-0.2, -0.15) is 15.0 Å². The van der Waals surface area contributed by atoms with Crippen LogP contribution >= 0.6 is 0 Å². The first kappa shape index (κ1) is 11.3. The number of rotatable bonds is 2. The van der Waals surface area contributed by atoms with Gasteiger partial charge in [0.05, 0.1) is 0 Å². The topological polar surface area (TPSA) is 114 Å². The van der Waals surface area contributed by atoms with E-state index in [1.807, 2.05) is 11.9 Å². The Morgan fingerprint density at radius 1 is 1.39 bits per heavy atom. The molecule has 3 rings (SSSR count). The number of H-pyrrole nitrogens is 1. The molecule has 8 nitrogen and oxygen atoms in total. The maximum Gasteiger partial charge on any atom is 0.376 e. The summed E-state index contributed by atoms with van der Waals surface area (Å²) in [6.07, 6.45) is 3.28. The van der Waals surface area contributed by atoms with Crippen LogP contribution < -0.4 is 21.3 Å². The van der Waals surface area contributed by atoms with E-state index < -0.39 is 11.6 Å². The van der Waals surface area contributed by atoms with Crippen molar-refractivity contribution in [2.24, 2.45) is 9.98 Å². The molecule has 0 atom stereocenters. The van der Waals surface area contributed by atoms with Crippen LogP contribution in [0.1, 0.15) is 19.3 Å². The van der Waals surface area contributed by atoms with E-state index in [1.165, 1.54) is 6.42 Å². The molecule has 3 N–H and O–H groups in total. The van der Waals surface area contributed by atoms with E-state index in [9.17, 15) is 15.0 Å². The molecular weight excluding hydrogens is 238 g/mol. The average molecular weight is 251 g/mol. The van der Waals surface area contributed by atoms with E-state index in [0.29, 0.717) is 12.0 Å². The number of fused-ring (bicyclic) bond motifs is 1. The molecule has 1 saturated carbocycles. The lowest BCUT2D eigenvalue weighted by Gasteiger charge is -2.34. The standard InChI is InChI=1S/C10H13N5O3/c1-15(5-3-2-4-5)9-11-7-6(8(16)12-9)13-10(17,18)14-7/h5,17-18H,2-4H2,1H3,(H,11,12,14,16). The summed E-state index contributed by atoms with van der Waals surface area (Å²) in [4.78, 5) is 27.2. The van der Waals surface area contributed by atoms with Gasteiger partial charge in [0.1, 0.15) is 0 Å². The summed E-state index contributed by atoms with van der Waals surface area (Å²) in [5, 5.41) is 18.4. The molecule has 0 spiro atoms. The maximum atomic E-state index is 11.8. The second-order valence-corrected chi connectivity index (χ2v) is 4.58. The summed E-state index contributed by atoms with van der Waals surface area (Å²) in [6.45, 7) is 0. The van der Waals surface area contributed by atoms with Gasteiger partial charge >= 0.3 is 6.03 Å². The van der Waals surface area contributed by atoms with Gasteiger partial charge in [-0.25, -0.2) is 0 Å². The predicted octanol–water partition coefficient (Wildman–Crippen LogP) is -2.39. The van der Waals surface area contributed by atoms with Crippen LogP contribution in [0.3, 0.4) is 0 Å². The summed E-state index contributed by atoms with van der Waals surface area (Å²) >= 11 is 0. The lowest BCUT2D eigenvalue weighted by atomic mass is 9.92. The molecule has 2 aliphatic rings. The van der Waals surface area contributed by atoms with Crippen molar-refractivity contribution in [3.63, 3.8) is 0 Å². The van der Waals surface area contributed by atoms with Crippen molar-refractivity contribution in [3.8, 4) is 0 Å². The fourth-order valence-corrected chi connectivity index (χ4v) is 2.05. The number of aromatic nitrogens is 2. The minimum Gasteiger partial charge on any atom is -0.342 e. The summed E-state index contributed by atoms with van der Waals surface area (Å²) in [7, 11) is 1.84. The van der Waals surface area contributed by atoms with Crippen LogP contribution in [-0.4, -0.2) is 39.3 Å². The Balaban J connectivity index is 2.09. The summed E-state index contributed by atoms with van der Waals surface area (Å²) in [5.41, 5.74) is -0.556. The third-order valence-electron chi connectivity index (χ3n) is 3.34. The highest BCUT2D eigenvalue weighted by atomic mass is 16.5. The first-order valence-electron chi connectivity index (χ1n) is 5.74. The molecule has 0 saturated heterocycles. The van der Waals surface area contributed by atoms with Gasteiger partial charge in [-0.1, -0.05) is 0 Å². The van der Waals surface area contributed by atoms with E-state index >= 15 is 0 Å². The normalized spacial score (nSPS) is 20.6. The van der Waals surface area contributed by atoms with Gasteiger partial charge in [0, 0.05) is 13.1 Å². The van der Waals surface area contributed by atoms with Gasteiger partial charge in [-0.3, -0.25) is 9.78 Å². The SMILES string of the molecule is CN(c1nc2c(c(=O)[nH]1)=NC(O)(O)N=2)C1CCC1. The minimum absolute atomic E-state index is 0.0371. The molecule has 1 aromatic rings. The van der Waals surface area contributed by atoms with Crippen LogP contribution in [0.2, 0.25) is 0 Å². The molecule has 0 aromatic carbocycles. The van der Waals surface area contributed by atoms with E-state index in [0.717, 1.165) is 12.8 Å². The first-order chi connectivity index (χ1) is 8.46. The molecule has 2 heterocycles. The highest BCUT2D eigenvalue weighted by Gasteiger charge is 2.28. The molecular formula is C10H13N5O3. The van der Waals surface area contributed by atoms with Crippen molar-refractivity contribution in [2.75, 3.05) is 11.9 Å². The summed E-state index contributed by atoms with van der Waals surface area (Å²) in [6, 6.07) is -2.21. The number of hydrogen-bond acceptors (Lipinski definition) is 7. The van der Waals surface area contributed by atoms with Crippen LogP contribution in [-0.2, 0) is 0 Å². The third kappa shape index (κ3) is 1.70. The number of nitrogens with one attached hydrogen (secondary N) is 1. The number of aromatic amines is 1. The summed E-state index contributed by atoms with van der Waals surface area (Å²) in [5.74, 6) is 0.375. The zero-order valence-corrected chi connectivity index (χ0v) is 9.79. The second kappa shape index (κ2) is 3.59. The van der Waals surface area contributed by atoms with Gasteiger partial charge in [0.25, 0.3) is 5.56 Å². The van der Waals surface area contributed by atoms with Crippen LogP contribution in [0.25, 0.3) is 0 Å². The Labute approximate surface area is 101 Å². The molecule has 1 aliphatic carbocycles. The van der Waals surface area contributed by atoms with Crippen LogP contribution in [0.5, 0.6) is 0 Å². The number of hydrogen-bond donors (Lipinski definition) is 3. The minimum atomic E-state index is -2.57. The Morgan fingerprint density at radius 3 is 2.72 bits per heavy atom. The predicted molar refractivity (Wildman–Crippen MR) is 60.4 cm³/mol. The van der Waals surface area contributed by atoms with Crippen molar-refractivity contribution in [2.45, 2.75) is 31.3 Å². The monoisotopic (exact) mass is 251 g/mol. The fraction of sp³-hybridized carbons (Fsp3) is 0.600. The Morgan fingerprint density at radius 2 is 2.11 bits per heavy atom. The van der Waals surface area contributed by atoms with E-state index in [1.54, 1.807) is 0 Å². The number of nitrogens with zero attached hydrogens (tertiary/aromatic N) is 4. The van der Waals surface area contributed by atoms with Crippen LogP contribution in [0.4, 0.5) is 5.95 Å². The quantitative estimate of drug-likeness (QED) is 0.507. The number of anilines is 1. The van der Waals surface area contributed by atoms with E-state index in [4.69, 9.17) is 0 Å². The molecule has 0 bridgehead atoms. The van der Waals surface area contributed by atoms with Gasteiger partial charge in [0.15, 0.2) is 10.8 Å². The average Bonchev–Trinajstić information content (AvgIpc) is 2.50. The zero-order valence-electron chi connectivity index (χ0n) is 9.79. The Hall–Kier alpha value is -1.80. The van der Waals surface area contributed by atoms with Gasteiger partial charge in [-0.05, 0) is 19.3 Å². The van der Waals surface area contributed by atoms with Crippen molar-refractivity contribution < 1.29 is 10.2 Å². The molecule has 8 heteroatoms. The molecule has 0 unspecified atom stereocenters. The third-order valence-corrected chi connectivity index (χ3v) is 3.34. The smallest absolute Gasteiger partial charge is 0.342 e. The molecule has 1 aliphatic heterocycles. The lowest BCUT2D eigenvalue weighted by Crippen LogP contribution is -2.46. The molecule has 96 valence electrons. The van der Waals surface area contributed by atoms with Crippen molar-refractivity contribution in [3.05, 3.63) is 21.2 Å². The van der Waals surface area contributed by atoms with Gasteiger partial charge in [0.2, 0.25) is 5.95 Å². The van der Waals surface area contributed by atoms with Gasteiger partial charge < -0.3 is 15.1 Å². The largest absolute Gasteiger partial charge is 0.376 e.